The van der Waals surface area contributed by atoms with E-state index in [-0.39, 0.29) is 5.69 Å². The SMILES string of the molecule is CCc1cnccc1-c1ncc(Br)c(C(=O)O)n1. The van der Waals surface area contributed by atoms with Crippen molar-refractivity contribution in [1.29, 1.82) is 0 Å². The molecule has 5 nitrogen and oxygen atoms in total. The van der Waals surface area contributed by atoms with Crippen LogP contribution in [0.1, 0.15) is 23.0 Å². The van der Waals surface area contributed by atoms with Crippen LogP contribution >= 0.6 is 15.9 Å². The summed E-state index contributed by atoms with van der Waals surface area (Å²) in [6.07, 6.45) is 5.61. The van der Waals surface area contributed by atoms with Gasteiger partial charge < -0.3 is 5.11 Å². The minimum Gasteiger partial charge on any atom is -0.476 e. The number of aryl methyl sites for hydroxylation is 1. The van der Waals surface area contributed by atoms with Crippen LogP contribution in [0, 0.1) is 0 Å². The molecule has 0 atom stereocenters. The first-order valence-corrected chi connectivity index (χ1v) is 6.12. The van der Waals surface area contributed by atoms with E-state index >= 15 is 0 Å². The summed E-state index contributed by atoms with van der Waals surface area (Å²) in [6, 6.07) is 1.79. The predicted octanol–water partition coefficient (Wildman–Crippen LogP) is 2.56. The van der Waals surface area contributed by atoms with E-state index in [0.717, 1.165) is 17.5 Å². The monoisotopic (exact) mass is 307 g/mol. The van der Waals surface area contributed by atoms with E-state index in [0.29, 0.717) is 10.3 Å². The second kappa shape index (κ2) is 5.22. The molecule has 2 aromatic rings. The average molecular weight is 308 g/mol. The van der Waals surface area contributed by atoms with Gasteiger partial charge in [-0.25, -0.2) is 14.8 Å². The third-order valence-corrected chi connectivity index (χ3v) is 3.05. The smallest absolute Gasteiger partial charge is 0.355 e. The molecule has 0 saturated carbocycles. The Balaban J connectivity index is 2.58. The molecule has 0 aliphatic rings. The number of rotatable bonds is 3. The van der Waals surface area contributed by atoms with Crippen LogP contribution < -0.4 is 0 Å². The molecule has 0 aliphatic heterocycles. The van der Waals surface area contributed by atoms with Gasteiger partial charge in [0.2, 0.25) is 0 Å². The largest absolute Gasteiger partial charge is 0.476 e. The third-order valence-electron chi connectivity index (χ3n) is 2.47. The second-order valence-electron chi connectivity index (χ2n) is 3.58. The minimum atomic E-state index is -1.09. The molecule has 0 bridgehead atoms. The van der Waals surface area contributed by atoms with Crippen molar-refractivity contribution in [2.75, 3.05) is 0 Å². The van der Waals surface area contributed by atoms with Gasteiger partial charge >= 0.3 is 5.97 Å². The van der Waals surface area contributed by atoms with Crippen molar-refractivity contribution < 1.29 is 9.90 Å². The fourth-order valence-electron chi connectivity index (χ4n) is 1.57. The Morgan fingerprint density at radius 2 is 2.22 bits per heavy atom. The lowest BCUT2D eigenvalue weighted by Crippen LogP contribution is -2.05. The summed E-state index contributed by atoms with van der Waals surface area (Å²) in [6.45, 7) is 2.00. The lowest BCUT2D eigenvalue weighted by molar-refractivity contribution is 0.0689. The molecule has 2 heterocycles. The molecule has 92 valence electrons. The highest BCUT2D eigenvalue weighted by atomic mass is 79.9. The molecule has 0 amide bonds. The summed E-state index contributed by atoms with van der Waals surface area (Å²) in [7, 11) is 0. The van der Waals surface area contributed by atoms with Gasteiger partial charge in [0, 0.05) is 24.2 Å². The van der Waals surface area contributed by atoms with Gasteiger partial charge in [-0.2, -0.15) is 0 Å². The number of aromatic nitrogens is 3. The molecule has 6 heteroatoms. The highest BCUT2D eigenvalue weighted by molar-refractivity contribution is 9.10. The second-order valence-corrected chi connectivity index (χ2v) is 4.44. The molecule has 0 aromatic carbocycles. The zero-order valence-corrected chi connectivity index (χ0v) is 11.2. The van der Waals surface area contributed by atoms with Crippen LogP contribution in [0.5, 0.6) is 0 Å². The van der Waals surface area contributed by atoms with Gasteiger partial charge in [0.05, 0.1) is 4.47 Å². The van der Waals surface area contributed by atoms with E-state index in [9.17, 15) is 4.79 Å². The molecule has 18 heavy (non-hydrogen) atoms. The Kier molecular flexibility index (Phi) is 3.66. The number of halogens is 1. The number of carbonyl (C=O) groups is 1. The number of hydrogen-bond acceptors (Lipinski definition) is 4. The molecule has 0 saturated heterocycles. The summed E-state index contributed by atoms with van der Waals surface area (Å²) in [5, 5.41) is 9.03. The molecule has 0 aliphatic carbocycles. The van der Waals surface area contributed by atoms with Gasteiger partial charge in [0.15, 0.2) is 11.5 Å². The maximum Gasteiger partial charge on any atom is 0.355 e. The number of carboxylic acid groups (broad SMARTS) is 1. The summed E-state index contributed by atoms with van der Waals surface area (Å²) < 4.78 is 0.367. The van der Waals surface area contributed by atoms with Gasteiger partial charge in [-0.3, -0.25) is 4.98 Å². The summed E-state index contributed by atoms with van der Waals surface area (Å²) >= 11 is 3.12. The number of pyridine rings is 1. The Morgan fingerprint density at radius 3 is 2.89 bits per heavy atom. The van der Waals surface area contributed by atoms with Gasteiger partial charge in [-0.05, 0) is 34.0 Å². The minimum absolute atomic E-state index is 0.0427. The van der Waals surface area contributed by atoms with Gasteiger partial charge in [0.1, 0.15) is 0 Å². The van der Waals surface area contributed by atoms with Crippen LogP contribution in [-0.4, -0.2) is 26.0 Å². The highest BCUT2D eigenvalue weighted by Crippen LogP contribution is 2.22. The Hall–Kier alpha value is -1.82. The quantitative estimate of drug-likeness (QED) is 0.943. The van der Waals surface area contributed by atoms with E-state index in [1.807, 2.05) is 6.92 Å². The normalized spacial score (nSPS) is 10.3. The molecule has 0 unspecified atom stereocenters. The molecule has 1 N–H and O–H groups in total. The maximum absolute atomic E-state index is 11.0. The lowest BCUT2D eigenvalue weighted by atomic mass is 10.1. The van der Waals surface area contributed by atoms with Crippen molar-refractivity contribution in [2.24, 2.45) is 0 Å². The van der Waals surface area contributed by atoms with Crippen molar-refractivity contribution in [2.45, 2.75) is 13.3 Å². The lowest BCUT2D eigenvalue weighted by Gasteiger charge is -2.06. The molecule has 0 spiro atoms. The number of aromatic carboxylic acids is 1. The molecule has 0 fully saturated rings. The van der Waals surface area contributed by atoms with Crippen molar-refractivity contribution in [3.05, 3.63) is 40.4 Å². The first-order valence-electron chi connectivity index (χ1n) is 5.32. The van der Waals surface area contributed by atoms with E-state index < -0.39 is 5.97 Å². The first-order chi connectivity index (χ1) is 8.63. The number of hydrogen-bond donors (Lipinski definition) is 1. The zero-order valence-electron chi connectivity index (χ0n) is 9.59. The van der Waals surface area contributed by atoms with Crippen molar-refractivity contribution in [3.63, 3.8) is 0 Å². The fourth-order valence-corrected chi connectivity index (χ4v) is 1.93. The number of nitrogens with zero attached hydrogens (tertiary/aromatic N) is 3. The van der Waals surface area contributed by atoms with Crippen LogP contribution in [0.4, 0.5) is 0 Å². The van der Waals surface area contributed by atoms with Crippen molar-refractivity contribution >= 4 is 21.9 Å². The van der Waals surface area contributed by atoms with Gasteiger partial charge in [0.25, 0.3) is 0 Å². The van der Waals surface area contributed by atoms with Crippen LogP contribution in [0.3, 0.4) is 0 Å². The summed E-state index contributed by atoms with van der Waals surface area (Å²) in [5.41, 5.74) is 1.75. The highest BCUT2D eigenvalue weighted by Gasteiger charge is 2.14. The van der Waals surface area contributed by atoms with Crippen LogP contribution in [0.2, 0.25) is 0 Å². The molecular weight excluding hydrogens is 298 g/mol. The van der Waals surface area contributed by atoms with E-state index in [1.54, 1.807) is 18.5 Å². The van der Waals surface area contributed by atoms with Crippen LogP contribution in [-0.2, 0) is 6.42 Å². The Bertz CT molecular complexity index is 602. The number of carboxylic acids is 1. The fraction of sp³-hybridized carbons (Fsp3) is 0.167. The molecule has 2 rings (SSSR count). The van der Waals surface area contributed by atoms with E-state index in [1.165, 1.54) is 6.20 Å². The Labute approximate surface area is 112 Å². The standard InChI is InChI=1S/C12H10BrN3O2/c1-2-7-5-14-4-3-8(7)11-15-6-9(13)10(16-11)12(17)18/h3-6H,2H2,1H3,(H,17,18). The van der Waals surface area contributed by atoms with Crippen molar-refractivity contribution in [1.82, 2.24) is 15.0 Å². The third kappa shape index (κ3) is 2.38. The van der Waals surface area contributed by atoms with Crippen LogP contribution in [0.25, 0.3) is 11.4 Å². The van der Waals surface area contributed by atoms with Crippen LogP contribution in [0.15, 0.2) is 29.1 Å². The topological polar surface area (TPSA) is 76.0 Å². The van der Waals surface area contributed by atoms with Crippen molar-refractivity contribution in [3.8, 4) is 11.4 Å². The Morgan fingerprint density at radius 1 is 1.44 bits per heavy atom. The molecule has 0 radical (unpaired) electrons. The van der Waals surface area contributed by atoms with Gasteiger partial charge in [-0.15, -0.1) is 0 Å². The van der Waals surface area contributed by atoms with E-state index in [2.05, 4.69) is 30.9 Å². The predicted molar refractivity (Wildman–Crippen MR) is 69.3 cm³/mol. The molecule has 2 aromatic heterocycles. The maximum atomic E-state index is 11.0. The van der Waals surface area contributed by atoms with Gasteiger partial charge in [-0.1, -0.05) is 6.92 Å². The first kappa shape index (κ1) is 12.6. The summed E-state index contributed by atoms with van der Waals surface area (Å²) in [5.74, 6) is -0.688. The van der Waals surface area contributed by atoms with E-state index in [4.69, 9.17) is 5.11 Å². The molecular formula is C12H10BrN3O2. The average Bonchev–Trinajstić information content (AvgIpc) is 2.39. The summed E-state index contributed by atoms with van der Waals surface area (Å²) in [4.78, 5) is 23.3. The zero-order chi connectivity index (χ0) is 13.1.